The molecule has 0 aromatic heterocycles. The summed E-state index contributed by atoms with van der Waals surface area (Å²) in [6.45, 7) is 0. The first kappa shape index (κ1) is 15.3. The number of benzene rings is 2. The summed E-state index contributed by atoms with van der Waals surface area (Å²) in [5.74, 6) is -0.881. The fourth-order valence-corrected chi connectivity index (χ4v) is 2.27. The Kier molecular flexibility index (Phi) is 5.52. The molecule has 0 heterocycles. The quantitative estimate of drug-likeness (QED) is 0.819. The lowest BCUT2D eigenvalue weighted by Gasteiger charge is -2.10. The van der Waals surface area contributed by atoms with E-state index in [0.29, 0.717) is 0 Å². The third kappa shape index (κ3) is 5.04. The number of rotatable bonds is 7. The smallest absolute Gasteiger partial charge is 0.303 e. The minimum absolute atomic E-state index is 0.0169. The minimum atomic E-state index is -0.881. The van der Waals surface area contributed by atoms with Crippen molar-refractivity contribution in [3.63, 3.8) is 0 Å². The number of carboxylic acids is 1. The Bertz CT molecular complexity index is 561. The van der Waals surface area contributed by atoms with E-state index >= 15 is 0 Å². The molecule has 1 unspecified atom stereocenters. The highest BCUT2D eigenvalue weighted by molar-refractivity contribution is 5.66. The second kappa shape index (κ2) is 7.60. The van der Waals surface area contributed by atoms with Gasteiger partial charge in [-0.1, -0.05) is 54.6 Å². The van der Waals surface area contributed by atoms with Gasteiger partial charge in [-0.2, -0.15) is 0 Å². The summed E-state index contributed by atoms with van der Waals surface area (Å²) in [6.07, 6.45) is 1.47. The van der Waals surface area contributed by atoms with Crippen LogP contribution >= 0.6 is 0 Å². The number of aliphatic hydroxyl groups is 1. The highest BCUT2D eigenvalue weighted by Crippen LogP contribution is 2.19. The van der Waals surface area contributed by atoms with Crippen molar-refractivity contribution in [3.8, 4) is 0 Å². The molecular formula is C18H20O3. The van der Waals surface area contributed by atoms with Gasteiger partial charge >= 0.3 is 5.97 Å². The van der Waals surface area contributed by atoms with Gasteiger partial charge in [0.1, 0.15) is 0 Å². The Balaban J connectivity index is 1.88. The molecule has 0 aliphatic carbocycles. The Morgan fingerprint density at radius 2 is 1.48 bits per heavy atom. The lowest BCUT2D eigenvalue weighted by atomic mass is 10.00. The van der Waals surface area contributed by atoms with Crippen LogP contribution in [-0.2, 0) is 17.6 Å². The first-order chi connectivity index (χ1) is 10.1. The zero-order valence-corrected chi connectivity index (χ0v) is 11.9. The van der Waals surface area contributed by atoms with Gasteiger partial charge in [-0.3, -0.25) is 4.79 Å². The summed E-state index contributed by atoms with van der Waals surface area (Å²) in [6, 6.07) is 18.1. The normalized spacial score (nSPS) is 12.0. The Morgan fingerprint density at radius 3 is 2.05 bits per heavy atom. The summed E-state index contributed by atoms with van der Waals surface area (Å²) in [5, 5.41) is 18.5. The van der Waals surface area contributed by atoms with Crippen LogP contribution in [0.25, 0.3) is 0 Å². The largest absolute Gasteiger partial charge is 0.481 e. The van der Waals surface area contributed by atoms with Gasteiger partial charge in [0.25, 0.3) is 0 Å². The second-order valence-corrected chi connectivity index (χ2v) is 5.18. The Morgan fingerprint density at radius 1 is 0.905 bits per heavy atom. The van der Waals surface area contributed by atoms with Crippen LogP contribution in [0.15, 0.2) is 54.6 Å². The van der Waals surface area contributed by atoms with Crippen LogP contribution in [0.1, 0.15) is 35.6 Å². The summed E-state index contributed by atoms with van der Waals surface area (Å²) in [4.78, 5) is 10.5. The average Bonchev–Trinajstić information content (AvgIpc) is 2.52. The van der Waals surface area contributed by atoms with Crippen LogP contribution in [0, 0.1) is 0 Å². The summed E-state index contributed by atoms with van der Waals surface area (Å²) in [7, 11) is 0. The van der Waals surface area contributed by atoms with Crippen molar-refractivity contribution in [2.45, 2.75) is 31.8 Å². The average molecular weight is 284 g/mol. The van der Waals surface area contributed by atoms with Gasteiger partial charge in [0, 0.05) is 6.42 Å². The standard InChI is InChI=1S/C18H20O3/c19-17(12-13-18(20)21)16-10-8-15(9-11-16)7-6-14-4-2-1-3-5-14/h1-5,8-11,17,19H,6-7,12-13H2,(H,20,21). The highest BCUT2D eigenvalue weighted by atomic mass is 16.4. The van der Waals surface area contributed by atoms with E-state index in [4.69, 9.17) is 5.11 Å². The zero-order valence-electron chi connectivity index (χ0n) is 11.9. The highest BCUT2D eigenvalue weighted by Gasteiger charge is 2.09. The predicted molar refractivity (Wildman–Crippen MR) is 82.1 cm³/mol. The molecular weight excluding hydrogens is 264 g/mol. The monoisotopic (exact) mass is 284 g/mol. The number of aliphatic hydroxyl groups excluding tert-OH is 1. The van der Waals surface area contributed by atoms with Crippen molar-refractivity contribution >= 4 is 5.97 Å². The number of carboxylic acid groups (broad SMARTS) is 1. The number of hydrogen-bond acceptors (Lipinski definition) is 2. The van der Waals surface area contributed by atoms with Crippen molar-refractivity contribution in [1.29, 1.82) is 0 Å². The van der Waals surface area contributed by atoms with Gasteiger partial charge in [-0.05, 0) is 36.0 Å². The van der Waals surface area contributed by atoms with Crippen LogP contribution in [0.5, 0.6) is 0 Å². The molecule has 0 spiro atoms. The van der Waals surface area contributed by atoms with Gasteiger partial charge in [-0.25, -0.2) is 0 Å². The molecule has 1 atom stereocenters. The van der Waals surface area contributed by atoms with Crippen molar-refractivity contribution < 1.29 is 15.0 Å². The van der Waals surface area contributed by atoms with Crippen molar-refractivity contribution in [2.75, 3.05) is 0 Å². The fraction of sp³-hybridized carbons (Fsp3) is 0.278. The van der Waals surface area contributed by atoms with Crippen LogP contribution in [-0.4, -0.2) is 16.2 Å². The van der Waals surface area contributed by atoms with E-state index in [1.54, 1.807) is 0 Å². The summed E-state index contributed by atoms with van der Waals surface area (Å²) < 4.78 is 0. The van der Waals surface area contributed by atoms with E-state index in [9.17, 15) is 9.90 Å². The molecule has 0 fully saturated rings. The third-order valence-corrected chi connectivity index (χ3v) is 3.54. The number of aryl methyl sites for hydroxylation is 2. The van der Waals surface area contributed by atoms with Crippen LogP contribution in [0.2, 0.25) is 0 Å². The zero-order chi connectivity index (χ0) is 15.1. The lowest BCUT2D eigenvalue weighted by Crippen LogP contribution is -2.02. The van der Waals surface area contributed by atoms with Crippen molar-refractivity contribution in [1.82, 2.24) is 0 Å². The molecule has 2 aromatic rings. The molecule has 110 valence electrons. The van der Waals surface area contributed by atoms with Gasteiger partial charge < -0.3 is 10.2 Å². The molecule has 3 heteroatoms. The third-order valence-electron chi connectivity index (χ3n) is 3.54. The molecule has 0 radical (unpaired) electrons. The molecule has 2 aromatic carbocycles. The molecule has 0 aliphatic rings. The molecule has 21 heavy (non-hydrogen) atoms. The maximum atomic E-state index is 10.5. The summed E-state index contributed by atoms with van der Waals surface area (Å²) >= 11 is 0. The molecule has 3 nitrogen and oxygen atoms in total. The molecule has 0 saturated carbocycles. The van der Waals surface area contributed by atoms with Crippen molar-refractivity contribution in [3.05, 3.63) is 71.3 Å². The van der Waals surface area contributed by atoms with Crippen LogP contribution in [0.3, 0.4) is 0 Å². The predicted octanol–water partition coefficient (Wildman–Crippen LogP) is 3.37. The summed E-state index contributed by atoms with van der Waals surface area (Å²) in [5.41, 5.74) is 3.30. The van der Waals surface area contributed by atoms with Crippen LogP contribution in [0.4, 0.5) is 0 Å². The number of carbonyl (C=O) groups is 1. The maximum absolute atomic E-state index is 10.5. The van der Waals surface area contributed by atoms with Gasteiger partial charge in [0.2, 0.25) is 0 Å². The van der Waals surface area contributed by atoms with E-state index in [-0.39, 0.29) is 12.8 Å². The fourth-order valence-electron chi connectivity index (χ4n) is 2.27. The van der Waals surface area contributed by atoms with Gasteiger partial charge in [0.05, 0.1) is 6.10 Å². The van der Waals surface area contributed by atoms with E-state index in [0.717, 1.165) is 18.4 Å². The van der Waals surface area contributed by atoms with E-state index in [1.807, 2.05) is 42.5 Å². The molecule has 2 rings (SSSR count). The Hall–Kier alpha value is -2.13. The Labute approximate surface area is 124 Å². The van der Waals surface area contributed by atoms with Gasteiger partial charge in [-0.15, -0.1) is 0 Å². The molecule has 2 N–H and O–H groups in total. The SMILES string of the molecule is O=C(O)CCC(O)c1ccc(CCc2ccccc2)cc1. The molecule has 0 saturated heterocycles. The van der Waals surface area contributed by atoms with E-state index in [1.165, 1.54) is 11.1 Å². The number of hydrogen-bond donors (Lipinski definition) is 2. The van der Waals surface area contributed by atoms with Crippen LogP contribution < -0.4 is 0 Å². The molecule has 0 amide bonds. The first-order valence-electron chi connectivity index (χ1n) is 7.18. The lowest BCUT2D eigenvalue weighted by molar-refractivity contribution is -0.137. The van der Waals surface area contributed by atoms with Crippen molar-refractivity contribution in [2.24, 2.45) is 0 Å². The maximum Gasteiger partial charge on any atom is 0.303 e. The first-order valence-corrected chi connectivity index (χ1v) is 7.18. The van der Waals surface area contributed by atoms with E-state index < -0.39 is 12.1 Å². The molecule has 0 aliphatic heterocycles. The topological polar surface area (TPSA) is 57.5 Å². The molecule has 0 bridgehead atoms. The van der Waals surface area contributed by atoms with Gasteiger partial charge in [0.15, 0.2) is 0 Å². The number of aliphatic carboxylic acids is 1. The second-order valence-electron chi connectivity index (χ2n) is 5.18. The van der Waals surface area contributed by atoms with E-state index in [2.05, 4.69) is 12.1 Å². The minimum Gasteiger partial charge on any atom is -0.481 e.